The molecule has 29 heavy (non-hydrogen) atoms. The van der Waals surface area contributed by atoms with Gasteiger partial charge in [0.2, 0.25) is 0 Å². The van der Waals surface area contributed by atoms with E-state index < -0.39 is 42.3 Å². The van der Waals surface area contributed by atoms with Crippen LogP contribution in [0.5, 0.6) is 0 Å². The summed E-state index contributed by atoms with van der Waals surface area (Å²) in [5.41, 5.74) is 0.839. The first-order chi connectivity index (χ1) is 13.9. The minimum Gasteiger partial charge on any atom is -0.459 e. The van der Waals surface area contributed by atoms with Gasteiger partial charge < -0.3 is 23.7 Å². The molecule has 0 amide bonds. The van der Waals surface area contributed by atoms with Crippen molar-refractivity contribution in [2.45, 2.75) is 44.2 Å². The van der Waals surface area contributed by atoms with Crippen LogP contribution in [0.2, 0.25) is 0 Å². The van der Waals surface area contributed by atoms with Crippen LogP contribution in [0.15, 0.2) is 60.7 Å². The molecule has 4 rings (SSSR count). The molecule has 0 spiro atoms. The zero-order valence-corrected chi connectivity index (χ0v) is 16.1. The van der Waals surface area contributed by atoms with Gasteiger partial charge in [-0.3, -0.25) is 0 Å². The molecule has 2 fully saturated rings. The van der Waals surface area contributed by atoms with Crippen LogP contribution < -0.4 is 0 Å². The Labute approximate surface area is 168 Å². The Morgan fingerprint density at radius 1 is 0.897 bits per heavy atom. The van der Waals surface area contributed by atoms with Crippen molar-refractivity contribution >= 4 is 11.9 Å². The second-order valence-corrected chi connectivity index (χ2v) is 7.34. The van der Waals surface area contributed by atoms with E-state index in [1.165, 1.54) is 0 Å². The van der Waals surface area contributed by atoms with E-state index in [0.29, 0.717) is 11.1 Å². The van der Waals surface area contributed by atoms with Crippen LogP contribution in [-0.4, -0.2) is 48.9 Å². The topological polar surface area (TPSA) is 80.3 Å². The quantitative estimate of drug-likeness (QED) is 0.717. The lowest BCUT2D eigenvalue weighted by Gasteiger charge is -2.25. The maximum Gasteiger partial charge on any atom is 0.338 e. The molecule has 7 nitrogen and oxygen atoms in total. The van der Waals surface area contributed by atoms with Crippen molar-refractivity contribution in [3.8, 4) is 0 Å². The number of esters is 2. The molecule has 0 aromatic heterocycles. The number of rotatable bonds is 5. The minimum absolute atomic E-state index is 0.0966. The van der Waals surface area contributed by atoms with Gasteiger partial charge in [0.15, 0.2) is 24.3 Å². The Kier molecular flexibility index (Phi) is 5.36. The van der Waals surface area contributed by atoms with Crippen LogP contribution in [-0.2, 0) is 23.7 Å². The highest BCUT2D eigenvalue weighted by Gasteiger charge is 2.56. The molecule has 2 aromatic rings. The number of hydrogen-bond acceptors (Lipinski definition) is 7. The fourth-order valence-corrected chi connectivity index (χ4v) is 3.40. The number of fused-ring (bicyclic) bond motifs is 1. The van der Waals surface area contributed by atoms with Gasteiger partial charge in [0.05, 0.1) is 11.1 Å². The van der Waals surface area contributed by atoms with E-state index in [2.05, 4.69) is 0 Å². The standard InChI is InChI=1S/C22H22O7/c1-22(2)28-18-17(27-20(24)15-11-7-4-8-12-15)16(26-21(18)29-22)13-25-19(23)14-9-5-3-6-10-14/h3-12,16-18,21H,13H2,1-2H3. The molecule has 152 valence electrons. The predicted molar refractivity (Wildman–Crippen MR) is 101 cm³/mol. The molecule has 0 bridgehead atoms. The summed E-state index contributed by atoms with van der Waals surface area (Å²) < 4.78 is 28.5. The predicted octanol–water partition coefficient (Wildman–Crippen LogP) is 2.95. The molecular formula is C22H22O7. The fraction of sp³-hybridized carbons (Fsp3) is 0.364. The molecule has 7 heteroatoms. The minimum atomic E-state index is -0.863. The molecule has 2 aliphatic rings. The van der Waals surface area contributed by atoms with Gasteiger partial charge in [0.1, 0.15) is 12.7 Å². The highest BCUT2D eigenvalue weighted by atomic mass is 16.8. The van der Waals surface area contributed by atoms with Crippen molar-refractivity contribution < 1.29 is 33.3 Å². The molecule has 2 heterocycles. The summed E-state index contributed by atoms with van der Waals surface area (Å²) in [4.78, 5) is 24.8. The molecule has 2 aromatic carbocycles. The van der Waals surface area contributed by atoms with Crippen molar-refractivity contribution in [2.24, 2.45) is 0 Å². The van der Waals surface area contributed by atoms with Crippen LogP contribution in [0, 0.1) is 0 Å². The molecule has 2 saturated heterocycles. The van der Waals surface area contributed by atoms with E-state index in [1.54, 1.807) is 62.4 Å². The van der Waals surface area contributed by atoms with Crippen molar-refractivity contribution in [2.75, 3.05) is 6.61 Å². The summed E-state index contributed by atoms with van der Waals surface area (Å²) in [6.07, 6.45) is -2.81. The number of carbonyl (C=O) groups is 2. The Morgan fingerprint density at radius 2 is 1.48 bits per heavy atom. The highest BCUT2D eigenvalue weighted by molar-refractivity contribution is 5.90. The number of ether oxygens (including phenoxy) is 5. The van der Waals surface area contributed by atoms with Crippen molar-refractivity contribution in [1.82, 2.24) is 0 Å². The normalized spacial score (nSPS) is 27.2. The largest absolute Gasteiger partial charge is 0.459 e. The van der Waals surface area contributed by atoms with Gasteiger partial charge in [-0.2, -0.15) is 0 Å². The van der Waals surface area contributed by atoms with Crippen LogP contribution in [0.25, 0.3) is 0 Å². The Hall–Kier alpha value is -2.74. The number of benzene rings is 2. The maximum absolute atomic E-state index is 12.6. The van der Waals surface area contributed by atoms with E-state index >= 15 is 0 Å². The monoisotopic (exact) mass is 398 g/mol. The van der Waals surface area contributed by atoms with Gasteiger partial charge in [-0.1, -0.05) is 36.4 Å². The molecule has 0 saturated carbocycles. The molecule has 2 aliphatic heterocycles. The molecule has 0 aliphatic carbocycles. The van der Waals surface area contributed by atoms with Gasteiger partial charge in [0, 0.05) is 0 Å². The van der Waals surface area contributed by atoms with Crippen LogP contribution >= 0.6 is 0 Å². The van der Waals surface area contributed by atoms with Gasteiger partial charge in [0.25, 0.3) is 0 Å². The van der Waals surface area contributed by atoms with Crippen molar-refractivity contribution in [3.05, 3.63) is 71.8 Å². The Bertz CT molecular complexity index is 865. The van der Waals surface area contributed by atoms with E-state index in [4.69, 9.17) is 23.7 Å². The summed E-state index contributed by atoms with van der Waals surface area (Å²) in [6.45, 7) is 3.42. The van der Waals surface area contributed by atoms with Crippen LogP contribution in [0.3, 0.4) is 0 Å². The van der Waals surface area contributed by atoms with Gasteiger partial charge >= 0.3 is 11.9 Å². The van der Waals surface area contributed by atoms with Crippen LogP contribution in [0.4, 0.5) is 0 Å². The first kappa shape index (κ1) is 19.6. The average Bonchev–Trinajstić information content (AvgIpc) is 3.19. The third-order valence-electron chi connectivity index (χ3n) is 4.73. The summed E-state index contributed by atoms with van der Waals surface area (Å²) in [6, 6.07) is 17.3. The van der Waals surface area contributed by atoms with Crippen molar-refractivity contribution in [3.63, 3.8) is 0 Å². The van der Waals surface area contributed by atoms with Gasteiger partial charge in [-0.25, -0.2) is 9.59 Å². The molecule has 0 N–H and O–H groups in total. The first-order valence-corrected chi connectivity index (χ1v) is 9.42. The summed E-state index contributed by atoms with van der Waals surface area (Å²) in [7, 11) is 0. The van der Waals surface area contributed by atoms with Crippen molar-refractivity contribution in [1.29, 1.82) is 0 Å². The van der Waals surface area contributed by atoms with Gasteiger partial charge in [-0.15, -0.1) is 0 Å². The van der Waals surface area contributed by atoms with E-state index in [0.717, 1.165) is 0 Å². The Balaban J connectivity index is 1.46. The Morgan fingerprint density at radius 3 is 2.10 bits per heavy atom. The number of hydrogen-bond donors (Lipinski definition) is 0. The smallest absolute Gasteiger partial charge is 0.338 e. The average molecular weight is 398 g/mol. The zero-order valence-electron chi connectivity index (χ0n) is 16.1. The molecule has 0 radical (unpaired) electrons. The van der Waals surface area contributed by atoms with E-state index in [9.17, 15) is 9.59 Å². The summed E-state index contributed by atoms with van der Waals surface area (Å²) in [5, 5.41) is 0. The molecular weight excluding hydrogens is 376 g/mol. The second kappa shape index (κ2) is 7.94. The molecule has 4 atom stereocenters. The lowest BCUT2D eigenvalue weighted by molar-refractivity contribution is -0.218. The third-order valence-corrected chi connectivity index (χ3v) is 4.73. The molecule has 4 unspecified atom stereocenters. The maximum atomic E-state index is 12.6. The van der Waals surface area contributed by atoms with E-state index in [-0.39, 0.29) is 6.61 Å². The lowest BCUT2D eigenvalue weighted by atomic mass is 10.1. The second-order valence-electron chi connectivity index (χ2n) is 7.34. The fourth-order valence-electron chi connectivity index (χ4n) is 3.40. The summed E-state index contributed by atoms with van der Waals surface area (Å²) in [5.74, 6) is -1.85. The zero-order chi connectivity index (χ0) is 20.4. The van der Waals surface area contributed by atoms with Gasteiger partial charge in [-0.05, 0) is 38.1 Å². The number of carbonyl (C=O) groups excluding carboxylic acids is 2. The van der Waals surface area contributed by atoms with Crippen LogP contribution in [0.1, 0.15) is 34.6 Å². The summed E-state index contributed by atoms with van der Waals surface area (Å²) >= 11 is 0. The van der Waals surface area contributed by atoms with E-state index in [1.807, 2.05) is 12.1 Å². The SMILES string of the molecule is CC1(C)OC2OC(COC(=O)c3ccccc3)C(OC(=O)c3ccccc3)C2O1. The first-order valence-electron chi connectivity index (χ1n) is 9.42. The third kappa shape index (κ3) is 4.32. The highest BCUT2D eigenvalue weighted by Crippen LogP contribution is 2.39. The lowest BCUT2D eigenvalue weighted by Crippen LogP contribution is -2.40.